The maximum absolute atomic E-state index is 12.4. The summed E-state index contributed by atoms with van der Waals surface area (Å²) in [5, 5.41) is 5.38. The van der Waals surface area contributed by atoms with Gasteiger partial charge in [-0.05, 0) is 25.3 Å². The summed E-state index contributed by atoms with van der Waals surface area (Å²) in [5.41, 5.74) is 0. The number of carbonyl (C=O) groups excluding carboxylic acids is 1. The molecule has 1 N–H and O–H groups in total. The van der Waals surface area contributed by atoms with E-state index in [1.807, 2.05) is 11.0 Å². The van der Waals surface area contributed by atoms with Gasteiger partial charge in [0.1, 0.15) is 0 Å². The van der Waals surface area contributed by atoms with E-state index < -0.39 is 0 Å². The third kappa shape index (κ3) is 4.30. The lowest BCUT2D eigenvalue weighted by Crippen LogP contribution is -2.46. The van der Waals surface area contributed by atoms with Crippen LogP contribution in [0.3, 0.4) is 0 Å². The fourth-order valence-electron chi connectivity index (χ4n) is 2.21. The second-order valence-corrected chi connectivity index (χ2v) is 6.16. The molecule has 0 spiro atoms. The summed E-state index contributed by atoms with van der Waals surface area (Å²) < 4.78 is 5.40. The Kier molecular flexibility index (Phi) is 5.36. The number of ether oxygens (including phenoxy) is 1. The van der Waals surface area contributed by atoms with Crippen molar-refractivity contribution in [3.63, 3.8) is 0 Å². The Morgan fingerprint density at radius 1 is 1.63 bits per heavy atom. The van der Waals surface area contributed by atoms with Gasteiger partial charge in [-0.25, -0.2) is 0 Å². The van der Waals surface area contributed by atoms with E-state index in [4.69, 9.17) is 4.74 Å². The number of nitrogens with zero attached hydrogens (tertiary/aromatic N) is 1. The van der Waals surface area contributed by atoms with Crippen molar-refractivity contribution in [3.8, 4) is 0 Å². The molecule has 0 bridgehead atoms. The van der Waals surface area contributed by atoms with Crippen LogP contribution in [0.4, 0.5) is 0 Å². The fraction of sp³-hybridized carbons (Fsp3) is 0.643. The first-order valence-corrected chi connectivity index (χ1v) is 7.67. The number of nitrogens with one attached hydrogen (secondary N) is 1. The van der Waals surface area contributed by atoms with E-state index in [1.165, 1.54) is 4.88 Å². The molecule has 1 amide bonds. The van der Waals surface area contributed by atoms with Crippen molar-refractivity contribution in [3.05, 3.63) is 22.4 Å². The lowest BCUT2D eigenvalue weighted by atomic mass is 10.1. The average molecular weight is 282 g/mol. The van der Waals surface area contributed by atoms with E-state index in [0.29, 0.717) is 19.6 Å². The number of hydrogen-bond acceptors (Lipinski definition) is 4. The second kappa shape index (κ2) is 7.03. The summed E-state index contributed by atoms with van der Waals surface area (Å²) in [6.45, 7) is 7.06. The van der Waals surface area contributed by atoms with Gasteiger partial charge in [-0.2, -0.15) is 0 Å². The van der Waals surface area contributed by atoms with Gasteiger partial charge in [-0.1, -0.05) is 6.07 Å². The van der Waals surface area contributed by atoms with Crippen LogP contribution >= 0.6 is 11.3 Å². The molecule has 1 aliphatic rings. The van der Waals surface area contributed by atoms with E-state index in [2.05, 4.69) is 30.6 Å². The van der Waals surface area contributed by atoms with Crippen molar-refractivity contribution in [1.82, 2.24) is 10.2 Å². The molecule has 1 aliphatic heterocycles. The van der Waals surface area contributed by atoms with Crippen LogP contribution in [0.1, 0.15) is 25.1 Å². The number of rotatable bonds is 5. The van der Waals surface area contributed by atoms with E-state index in [0.717, 1.165) is 13.2 Å². The normalized spacial score (nSPS) is 19.6. The maximum Gasteiger partial charge on any atom is 0.224 e. The van der Waals surface area contributed by atoms with Crippen LogP contribution in [0.25, 0.3) is 0 Å². The first-order valence-electron chi connectivity index (χ1n) is 6.80. The molecule has 19 heavy (non-hydrogen) atoms. The van der Waals surface area contributed by atoms with Crippen LogP contribution in [0, 0.1) is 0 Å². The molecule has 4 nitrogen and oxygen atoms in total. The Balaban J connectivity index is 1.92. The molecular weight excluding hydrogens is 260 g/mol. The standard InChI is InChI=1S/C14H22N2O2S/c1-11(2)16(9-13-4-3-7-19-13)14(17)8-12-10-18-6-5-15-12/h3-4,7,11-12,15H,5-6,8-10H2,1-2H3. The zero-order chi connectivity index (χ0) is 13.7. The molecule has 0 aromatic carbocycles. The molecule has 2 heterocycles. The lowest BCUT2D eigenvalue weighted by molar-refractivity contribution is -0.134. The summed E-state index contributed by atoms with van der Waals surface area (Å²) in [4.78, 5) is 15.6. The Morgan fingerprint density at radius 3 is 3.05 bits per heavy atom. The Bertz CT molecular complexity index is 386. The molecule has 0 saturated carbocycles. The highest BCUT2D eigenvalue weighted by Crippen LogP contribution is 2.15. The van der Waals surface area contributed by atoms with Crippen molar-refractivity contribution in [2.24, 2.45) is 0 Å². The largest absolute Gasteiger partial charge is 0.378 e. The molecule has 106 valence electrons. The van der Waals surface area contributed by atoms with Gasteiger partial charge in [0, 0.05) is 29.9 Å². The van der Waals surface area contributed by atoms with E-state index in [-0.39, 0.29) is 18.0 Å². The minimum atomic E-state index is 0.158. The third-order valence-corrected chi connectivity index (χ3v) is 4.13. The molecule has 0 radical (unpaired) electrons. The predicted octanol–water partition coefficient (Wildman–Crippen LogP) is 1.86. The summed E-state index contributed by atoms with van der Waals surface area (Å²) >= 11 is 1.70. The number of hydrogen-bond donors (Lipinski definition) is 1. The van der Waals surface area contributed by atoms with Crippen LogP contribution < -0.4 is 5.32 Å². The van der Waals surface area contributed by atoms with Crippen molar-refractivity contribution in [2.45, 2.75) is 38.9 Å². The third-order valence-electron chi connectivity index (χ3n) is 3.27. The Hall–Kier alpha value is -0.910. The minimum Gasteiger partial charge on any atom is -0.378 e. The van der Waals surface area contributed by atoms with E-state index in [9.17, 15) is 4.79 Å². The highest BCUT2D eigenvalue weighted by Gasteiger charge is 2.23. The quantitative estimate of drug-likeness (QED) is 0.896. The van der Waals surface area contributed by atoms with Gasteiger partial charge in [0.15, 0.2) is 0 Å². The van der Waals surface area contributed by atoms with Gasteiger partial charge in [0.05, 0.1) is 19.8 Å². The summed E-state index contributed by atoms with van der Waals surface area (Å²) in [7, 11) is 0. The van der Waals surface area contributed by atoms with Crippen molar-refractivity contribution < 1.29 is 9.53 Å². The first-order chi connectivity index (χ1) is 9.16. The molecule has 1 unspecified atom stereocenters. The molecule has 1 atom stereocenters. The molecule has 2 rings (SSSR count). The molecular formula is C14H22N2O2S. The number of carbonyl (C=O) groups is 1. The minimum absolute atomic E-state index is 0.158. The monoisotopic (exact) mass is 282 g/mol. The zero-order valence-corrected chi connectivity index (χ0v) is 12.4. The van der Waals surface area contributed by atoms with Gasteiger partial charge >= 0.3 is 0 Å². The topological polar surface area (TPSA) is 41.6 Å². The Labute approximate surface area is 118 Å². The molecule has 1 saturated heterocycles. The van der Waals surface area contributed by atoms with Gasteiger partial charge in [0.2, 0.25) is 5.91 Å². The van der Waals surface area contributed by atoms with Crippen LogP contribution in [-0.4, -0.2) is 42.6 Å². The van der Waals surface area contributed by atoms with Crippen molar-refractivity contribution >= 4 is 17.2 Å². The first kappa shape index (κ1) is 14.5. The van der Waals surface area contributed by atoms with E-state index >= 15 is 0 Å². The number of thiophene rings is 1. The predicted molar refractivity (Wildman–Crippen MR) is 77.2 cm³/mol. The molecule has 5 heteroatoms. The van der Waals surface area contributed by atoms with Crippen molar-refractivity contribution in [2.75, 3.05) is 19.8 Å². The fourth-order valence-corrected chi connectivity index (χ4v) is 2.91. The number of amides is 1. The van der Waals surface area contributed by atoms with Gasteiger partial charge < -0.3 is 15.0 Å². The van der Waals surface area contributed by atoms with Crippen LogP contribution in [0.5, 0.6) is 0 Å². The molecule has 1 fully saturated rings. The summed E-state index contributed by atoms with van der Waals surface area (Å²) in [6, 6.07) is 4.49. The zero-order valence-electron chi connectivity index (χ0n) is 11.6. The summed E-state index contributed by atoms with van der Waals surface area (Å²) in [6.07, 6.45) is 0.517. The molecule has 0 aliphatic carbocycles. The highest BCUT2D eigenvalue weighted by atomic mass is 32.1. The molecule has 1 aromatic rings. The lowest BCUT2D eigenvalue weighted by Gasteiger charge is -2.30. The van der Waals surface area contributed by atoms with Gasteiger partial charge in [-0.15, -0.1) is 11.3 Å². The van der Waals surface area contributed by atoms with Crippen molar-refractivity contribution in [1.29, 1.82) is 0 Å². The van der Waals surface area contributed by atoms with Crippen LogP contribution in [0.15, 0.2) is 17.5 Å². The van der Waals surface area contributed by atoms with Gasteiger partial charge in [-0.3, -0.25) is 4.79 Å². The number of morpholine rings is 1. The highest BCUT2D eigenvalue weighted by molar-refractivity contribution is 7.09. The average Bonchev–Trinajstić information content (AvgIpc) is 2.89. The summed E-state index contributed by atoms with van der Waals surface area (Å²) in [5.74, 6) is 0.200. The van der Waals surface area contributed by atoms with Crippen LogP contribution in [0.2, 0.25) is 0 Å². The van der Waals surface area contributed by atoms with Crippen LogP contribution in [-0.2, 0) is 16.1 Å². The maximum atomic E-state index is 12.4. The van der Waals surface area contributed by atoms with Gasteiger partial charge in [0.25, 0.3) is 0 Å². The molecule has 1 aromatic heterocycles. The second-order valence-electron chi connectivity index (χ2n) is 5.12. The SMILES string of the molecule is CC(C)N(Cc1cccs1)C(=O)CC1COCCN1. The Morgan fingerprint density at radius 2 is 2.47 bits per heavy atom. The smallest absolute Gasteiger partial charge is 0.224 e. The van der Waals surface area contributed by atoms with E-state index in [1.54, 1.807) is 11.3 Å².